The van der Waals surface area contributed by atoms with Crippen LogP contribution in [0.15, 0.2) is 0 Å². The average molecular weight is 239 g/mol. The minimum Gasteiger partial charge on any atom is -0.396 e. The van der Waals surface area contributed by atoms with Gasteiger partial charge >= 0.3 is 0 Å². The smallest absolute Gasteiger partial charge is 0.0434 e. The average Bonchev–Trinajstić information content (AvgIpc) is 2.28. The maximum atomic E-state index is 9.08. The molecule has 1 aliphatic carbocycles. The fourth-order valence-electron chi connectivity index (χ4n) is 4.05. The second-order valence-electron chi connectivity index (χ2n) is 6.59. The quantitative estimate of drug-likeness (QED) is 0.818. The first-order chi connectivity index (χ1) is 8.19. The molecular weight excluding hydrogens is 210 g/mol. The molecule has 1 heterocycles. The van der Waals surface area contributed by atoms with E-state index in [-0.39, 0.29) is 0 Å². The van der Waals surface area contributed by atoms with E-state index in [4.69, 9.17) is 5.11 Å². The topological polar surface area (TPSA) is 23.5 Å². The molecule has 100 valence electrons. The van der Waals surface area contributed by atoms with Crippen LogP contribution >= 0.6 is 0 Å². The second kappa shape index (κ2) is 6.19. The lowest BCUT2D eigenvalue weighted by Crippen LogP contribution is -2.46. The van der Waals surface area contributed by atoms with Crippen LogP contribution in [-0.4, -0.2) is 35.7 Å². The molecular formula is C15H29NO. The zero-order chi connectivity index (χ0) is 12.3. The number of hydrogen-bond acceptors (Lipinski definition) is 2. The monoisotopic (exact) mass is 239 g/mol. The van der Waals surface area contributed by atoms with Gasteiger partial charge in [0.2, 0.25) is 0 Å². The highest BCUT2D eigenvalue weighted by atomic mass is 16.3. The molecule has 3 unspecified atom stereocenters. The Labute approximate surface area is 106 Å². The normalized spacial score (nSPS) is 40.4. The van der Waals surface area contributed by atoms with Crippen molar-refractivity contribution < 1.29 is 5.11 Å². The van der Waals surface area contributed by atoms with E-state index in [1.807, 2.05) is 0 Å². The van der Waals surface area contributed by atoms with Crippen LogP contribution in [0.1, 0.15) is 52.4 Å². The molecule has 1 aliphatic heterocycles. The standard InChI is InChI=1S/C15H29NO/c1-12-8-13(2)10-15(9-12)16-6-3-4-14(11-16)5-7-17/h12-15,17H,3-11H2,1-2H3. The summed E-state index contributed by atoms with van der Waals surface area (Å²) in [5.41, 5.74) is 0. The predicted molar refractivity (Wildman–Crippen MR) is 72.0 cm³/mol. The summed E-state index contributed by atoms with van der Waals surface area (Å²) in [4.78, 5) is 2.73. The molecule has 0 amide bonds. The van der Waals surface area contributed by atoms with Gasteiger partial charge in [-0.2, -0.15) is 0 Å². The van der Waals surface area contributed by atoms with E-state index >= 15 is 0 Å². The summed E-state index contributed by atoms with van der Waals surface area (Å²) in [6.45, 7) is 7.74. The Morgan fingerprint density at radius 1 is 1.12 bits per heavy atom. The van der Waals surface area contributed by atoms with E-state index in [1.54, 1.807) is 0 Å². The highest BCUT2D eigenvalue weighted by Crippen LogP contribution is 2.33. The zero-order valence-electron chi connectivity index (χ0n) is 11.6. The van der Waals surface area contributed by atoms with E-state index in [9.17, 15) is 0 Å². The van der Waals surface area contributed by atoms with E-state index < -0.39 is 0 Å². The van der Waals surface area contributed by atoms with E-state index in [1.165, 1.54) is 45.2 Å². The molecule has 0 bridgehead atoms. The molecule has 17 heavy (non-hydrogen) atoms. The fourth-order valence-corrected chi connectivity index (χ4v) is 4.05. The summed E-state index contributed by atoms with van der Waals surface area (Å²) in [7, 11) is 0. The molecule has 0 radical (unpaired) electrons. The number of likely N-dealkylation sites (tertiary alicyclic amines) is 1. The van der Waals surface area contributed by atoms with Crippen LogP contribution in [0.2, 0.25) is 0 Å². The Balaban J connectivity index is 1.87. The molecule has 1 saturated heterocycles. The van der Waals surface area contributed by atoms with E-state index in [0.29, 0.717) is 6.61 Å². The summed E-state index contributed by atoms with van der Waals surface area (Å²) in [6, 6.07) is 0.829. The van der Waals surface area contributed by atoms with Crippen molar-refractivity contribution in [3.8, 4) is 0 Å². The van der Waals surface area contributed by atoms with Crippen LogP contribution in [0.5, 0.6) is 0 Å². The van der Waals surface area contributed by atoms with Crippen LogP contribution in [-0.2, 0) is 0 Å². The number of rotatable bonds is 3. The van der Waals surface area contributed by atoms with Crippen LogP contribution in [0.25, 0.3) is 0 Å². The van der Waals surface area contributed by atoms with Gasteiger partial charge in [0.1, 0.15) is 0 Å². The van der Waals surface area contributed by atoms with Gasteiger partial charge in [0.25, 0.3) is 0 Å². The lowest BCUT2D eigenvalue weighted by molar-refractivity contribution is 0.0619. The zero-order valence-corrected chi connectivity index (χ0v) is 11.6. The number of hydrogen-bond donors (Lipinski definition) is 1. The molecule has 2 rings (SSSR count). The SMILES string of the molecule is CC1CC(C)CC(N2CCCC(CCO)C2)C1. The fraction of sp³-hybridized carbons (Fsp3) is 1.00. The summed E-state index contributed by atoms with van der Waals surface area (Å²) in [5, 5.41) is 9.08. The van der Waals surface area contributed by atoms with E-state index in [2.05, 4.69) is 18.7 Å². The van der Waals surface area contributed by atoms with Gasteiger partial charge in [-0.3, -0.25) is 0 Å². The van der Waals surface area contributed by atoms with Crippen molar-refractivity contribution >= 4 is 0 Å². The van der Waals surface area contributed by atoms with Gasteiger partial charge in [-0.15, -0.1) is 0 Å². The first-order valence-corrected chi connectivity index (χ1v) is 7.54. The van der Waals surface area contributed by atoms with Crippen LogP contribution in [0, 0.1) is 17.8 Å². The maximum absolute atomic E-state index is 9.08. The maximum Gasteiger partial charge on any atom is 0.0434 e. The van der Waals surface area contributed by atoms with Gasteiger partial charge in [-0.25, -0.2) is 0 Å². The molecule has 0 aromatic rings. The Morgan fingerprint density at radius 2 is 1.82 bits per heavy atom. The number of piperidine rings is 1. The largest absolute Gasteiger partial charge is 0.396 e. The van der Waals surface area contributed by atoms with Crippen molar-refractivity contribution in [2.45, 2.75) is 58.4 Å². The molecule has 1 saturated carbocycles. The minimum absolute atomic E-state index is 0.371. The molecule has 1 N–H and O–H groups in total. The van der Waals surface area contributed by atoms with Crippen LogP contribution < -0.4 is 0 Å². The van der Waals surface area contributed by atoms with Gasteiger partial charge in [-0.1, -0.05) is 13.8 Å². The van der Waals surface area contributed by atoms with Crippen molar-refractivity contribution in [1.82, 2.24) is 4.90 Å². The predicted octanol–water partition coefficient (Wildman–Crippen LogP) is 2.91. The minimum atomic E-state index is 0.371. The Bertz CT molecular complexity index is 219. The van der Waals surface area contributed by atoms with Gasteiger partial charge in [0.05, 0.1) is 0 Å². The lowest BCUT2D eigenvalue weighted by Gasteiger charge is -2.43. The molecule has 0 aromatic carbocycles. The van der Waals surface area contributed by atoms with Crippen LogP contribution in [0.4, 0.5) is 0 Å². The van der Waals surface area contributed by atoms with Crippen LogP contribution in [0.3, 0.4) is 0 Å². The highest BCUT2D eigenvalue weighted by Gasteiger charge is 2.31. The van der Waals surface area contributed by atoms with Gasteiger partial charge < -0.3 is 10.0 Å². The first-order valence-electron chi connectivity index (χ1n) is 7.54. The third-order valence-electron chi connectivity index (χ3n) is 4.76. The Kier molecular flexibility index (Phi) is 4.87. The summed E-state index contributed by atoms with van der Waals surface area (Å²) < 4.78 is 0. The third-order valence-corrected chi connectivity index (χ3v) is 4.76. The molecule has 0 aromatic heterocycles. The Hall–Kier alpha value is -0.0800. The summed E-state index contributed by atoms with van der Waals surface area (Å²) in [5.74, 6) is 2.56. The second-order valence-corrected chi connectivity index (χ2v) is 6.59. The summed E-state index contributed by atoms with van der Waals surface area (Å²) in [6.07, 6.45) is 7.89. The van der Waals surface area contributed by atoms with Gasteiger partial charge in [0, 0.05) is 19.2 Å². The number of nitrogens with zero attached hydrogens (tertiary/aromatic N) is 1. The number of aliphatic hydroxyl groups excluding tert-OH is 1. The van der Waals surface area contributed by atoms with Crippen molar-refractivity contribution in [2.24, 2.45) is 17.8 Å². The van der Waals surface area contributed by atoms with Crippen molar-refractivity contribution in [2.75, 3.05) is 19.7 Å². The molecule has 2 nitrogen and oxygen atoms in total. The first kappa shape index (κ1) is 13.4. The van der Waals surface area contributed by atoms with Crippen molar-refractivity contribution in [1.29, 1.82) is 0 Å². The van der Waals surface area contributed by atoms with Crippen molar-refractivity contribution in [3.05, 3.63) is 0 Å². The molecule has 2 aliphatic rings. The van der Waals surface area contributed by atoms with Crippen molar-refractivity contribution in [3.63, 3.8) is 0 Å². The van der Waals surface area contributed by atoms with Gasteiger partial charge in [-0.05, 0) is 62.8 Å². The van der Waals surface area contributed by atoms with E-state index in [0.717, 1.165) is 30.2 Å². The Morgan fingerprint density at radius 3 is 2.47 bits per heavy atom. The van der Waals surface area contributed by atoms with Gasteiger partial charge in [0.15, 0.2) is 0 Å². The molecule has 0 spiro atoms. The highest BCUT2D eigenvalue weighted by molar-refractivity contribution is 4.85. The summed E-state index contributed by atoms with van der Waals surface area (Å²) >= 11 is 0. The molecule has 3 atom stereocenters. The lowest BCUT2D eigenvalue weighted by atomic mass is 9.79. The third kappa shape index (κ3) is 3.69. The molecule has 2 heteroatoms. The molecule has 2 fully saturated rings. The number of aliphatic hydroxyl groups is 1.